The van der Waals surface area contributed by atoms with Gasteiger partial charge in [-0.05, 0) is 51.0 Å². The first-order valence-electron chi connectivity index (χ1n) is 15.2. The number of ketones is 1. The highest BCUT2D eigenvalue weighted by atomic mass is 16.2. The number of hydrogen-bond acceptors (Lipinski definition) is 9. The molecule has 244 valence electrons. The molecule has 12 N–H and O–H groups in total. The zero-order valence-electron chi connectivity index (χ0n) is 25.7. The molecule has 2 rings (SSSR count). The molecule has 1 aliphatic heterocycles. The van der Waals surface area contributed by atoms with Crippen molar-refractivity contribution in [2.75, 3.05) is 19.6 Å². The molecular weight excluding hydrogens is 566 g/mol. The summed E-state index contributed by atoms with van der Waals surface area (Å²) in [5.41, 5.74) is 21.6. The molecule has 0 aromatic heterocycles. The maximum atomic E-state index is 14.1. The summed E-state index contributed by atoms with van der Waals surface area (Å²) in [5, 5.41) is 15.5. The SMILES string of the molecule is CC(C)C[C@H](NC(=O)[C@@H](N)CCCCN)C(=O)N[C@@H](CCCNC(=N)N)C(=O)N1CCC(N)[C@]1(C=O)C(=O)c1ccccc1. The number of hydrogen-bond donors (Lipinski definition) is 8. The van der Waals surface area contributed by atoms with E-state index in [1.54, 1.807) is 30.3 Å². The summed E-state index contributed by atoms with van der Waals surface area (Å²) in [6.45, 7) is 4.53. The van der Waals surface area contributed by atoms with Crippen molar-refractivity contribution in [3.8, 4) is 0 Å². The summed E-state index contributed by atoms with van der Waals surface area (Å²) in [4.78, 5) is 68.1. The molecule has 1 unspecified atom stereocenters. The van der Waals surface area contributed by atoms with Gasteiger partial charge in [0.25, 0.3) is 0 Å². The lowest BCUT2D eigenvalue weighted by Gasteiger charge is -2.37. The van der Waals surface area contributed by atoms with E-state index in [-0.39, 0.29) is 49.8 Å². The lowest BCUT2D eigenvalue weighted by Crippen LogP contribution is -2.65. The van der Waals surface area contributed by atoms with Gasteiger partial charge in [-0.2, -0.15) is 0 Å². The molecule has 1 aliphatic rings. The molecule has 1 aromatic rings. The molecule has 0 spiro atoms. The Hall–Kier alpha value is -3.88. The van der Waals surface area contributed by atoms with E-state index in [1.165, 1.54) is 0 Å². The maximum absolute atomic E-state index is 14.1. The largest absolute Gasteiger partial charge is 0.370 e. The molecular formula is C30H49N9O5. The average Bonchev–Trinajstić information content (AvgIpc) is 3.34. The standard InChI is InChI=1S/C30H49N9O5/c1-19(2)17-23(38-26(42)21(32)11-6-7-14-31)27(43)37-22(12-8-15-36-29(34)35)28(44)39-16-13-24(33)30(39,18-40)25(41)20-9-4-3-5-10-20/h3-5,9-10,18-19,21-24H,6-8,11-17,31-33H2,1-2H3,(H,37,43)(H,38,42)(H4,34,35,36)/t21-,22-,23-,24?,30+/m0/s1. The Balaban J connectivity index is 2.35. The van der Waals surface area contributed by atoms with Crippen LogP contribution in [-0.2, 0) is 19.2 Å². The topological polar surface area (TPSA) is 253 Å². The van der Waals surface area contributed by atoms with Crippen molar-refractivity contribution in [3.63, 3.8) is 0 Å². The van der Waals surface area contributed by atoms with Gasteiger partial charge in [0.15, 0.2) is 23.6 Å². The molecule has 3 amide bonds. The van der Waals surface area contributed by atoms with Gasteiger partial charge in [-0.25, -0.2) is 0 Å². The van der Waals surface area contributed by atoms with Crippen molar-refractivity contribution in [1.29, 1.82) is 5.41 Å². The monoisotopic (exact) mass is 615 g/mol. The van der Waals surface area contributed by atoms with Gasteiger partial charge in [0.2, 0.25) is 17.7 Å². The quantitative estimate of drug-likeness (QED) is 0.0252. The number of Topliss-reactive ketones (excluding diaryl/α,β-unsaturated/α-hetero) is 1. The molecule has 0 radical (unpaired) electrons. The van der Waals surface area contributed by atoms with Crippen molar-refractivity contribution in [2.45, 2.75) is 88.5 Å². The molecule has 0 aliphatic carbocycles. The van der Waals surface area contributed by atoms with E-state index in [2.05, 4.69) is 16.0 Å². The van der Waals surface area contributed by atoms with Crippen molar-refractivity contribution in [2.24, 2.45) is 28.9 Å². The molecule has 14 heteroatoms. The third-order valence-corrected chi connectivity index (χ3v) is 7.77. The molecule has 0 bridgehead atoms. The smallest absolute Gasteiger partial charge is 0.246 e. The maximum Gasteiger partial charge on any atom is 0.246 e. The van der Waals surface area contributed by atoms with Crippen molar-refractivity contribution < 1.29 is 24.0 Å². The molecule has 1 aromatic carbocycles. The third kappa shape index (κ3) is 9.56. The second-order valence-corrected chi connectivity index (χ2v) is 11.6. The van der Waals surface area contributed by atoms with Gasteiger partial charge in [-0.1, -0.05) is 50.6 Å². The predicted octanol–water partition coefficient (Wildman–Crippen LogP) is -0.898. The van der Waals surface area contributed by atoms with Gasteiger partial charge in [0, 0.05) is 24.7 Å². The lowest BCUT2D eigenvalue weighted by atomic mass is 9.84. The average molecular weight is 616 g/mol. The van der Waals surface area contributed by atoms with Crippen LogP contribution in [0.3, 0.4) is 0 Å². The van der Waals surface area contributed by atoms with E-state index in [0.717, 1.165) is 4.90 Å². The Kier molecular flexibility index (Phi) is 14.4. The van der Waals surface area contributed by atoms with E-state index in [0.29, 0.717) is 38.5 Å². The summed E-state index contributed by atoms with van der Waals surface area (Å²) in [6.07, 6.45) is 3.08. The van der Waals surface area contributed by atoms with Crippen LogP contribution in [0.1, 0.15) is 69.2 Å². The summed E-state index contributed by atoms with van der Waals surface area (Å²) >= 11 is 0. The second kappa shape index (κ2) is 17.4. The fraction of sp³-hybridized carbons (Fsp3) is 0.600. The molecule has 5 atom stereocenters. The van der Waals surface area contributed by atoms with Crippen LogP contribution in [0.25, 0.3) is 0 Å². The molecule has 14 nitrogen and oxygen atoms in total. The fourth-order valence-electron chi connectivity index (χ4n) is 5.35. The summed E-state index contributed by atoms with van der Waals surface area (Å²) in [6, 6.07) is 4.17. The van der Waals surface area contributed by atoms with Gasteiger partial charge >= 0.3 is 0 Å². The Labute approximate surface area is 258 Å². The normalized spacial score (nSPS) is 20.0. The van der Waals surface area contributed by atoms with Crippen LogP contribution in [0.4, 0.5) is 0 Å². The zero-order chi connectivity index (χ0) is 32.9. The van der Waals surface area contributed by atoms with Crippen molar-refractivity contribution in [3.05, 3.63) is 35.9 Å². The minimum Gasteiger partial charge on any atom is -0.370 e. The van der Waals surface area contributed by atoms with Crippen LogP contribution in [-0.4, -0.2) is 90.0 Å². The van der Waals surface area contributed by atoms with E-state index >= 15 is 0 Å². The van der Waals surface area contributed by atoms with Gasteiger partial charge in [0.05, 0.1) is 6.04 Å². The molecule has 1 heterocycles. The number of nitrogens with one attached hydrogen (secondary N) is 4. The number of benzene rings is 1. The minimum absolute atomic E-state index is 0.0104. The summed E-state index contributed by atoms with van der Waals surface area (Å²) in [7, 11) is 0. The van der Waals surface area contributed by atoms with Crippen LogP contribution in [0.15, 0.2) is 30.3 Å². The number of nitrogens with zero attached hydrogens (tertiary/aromatic N) is 1. The molecule has 1 fully saturated rings. The van der Waals surface area contributed by atoms with E-state index in [9.17, 15) is 24.0 Å². The Morgan fingerprint density at radius 1 is 1.05 bits per heavy atom. The second-order valence-electron chi connectivity index (χ2n) is 11.6. The van der Waals surface area contributed by atoms with E-state index in [4.69, 9.17) is 28.3 Å². The van der Waals surface area contributed by atoms with E-state index < -0.39 is 53.2 Å². The van der Waals surface area contributed by atoms with E-state index in [1.807, 2.05) is 13.8 Å². The third-order valence-electron chi connectivity index (χ3n) is 7.77. The number of unbranched alkanes of at least 4 members (excludes halogenated alkanes) is 1. The van der Waals surface area contributed by atoms with Crippen LogP contribution in [0.5, 0.6) is 0 Å². The van der Waals surface area contributed by atoms with Crippen LogP contribution < -0.4 is 38.9 Å². The number of carbonyl (C=O) groups excluding carboxylic acids is 5. The number of amides is 3. The molecule has 44 heavy (non-hydrogen) atoms. The van der Waals surface area contributed by atoms with Crippen LogP contribution in [0.2, 0.25) is 0 Å². The summed E-state index contributed by atoms with van der Waals surface area (Å²) in [5.74, 6) is -2.60. The van der Waals surface area contributed by atoms with Crippen LogP contribution >= 0.6 is 0 Å². The lowest BCUT2D eigenvalue weighted by molar-refractivity contribution is -0.142. The number of carbonyl (C=O) groups is 5. The highest BCUT2D eigenvalue weighted by Gasteiger charge is 2.56. The highest BCUT2D eigenvalue weighted by Crippen LogP contribution is 2.32. The predicted molar refractivity (Wildman–Crippen MR) is 167 cm³/mol. The van der Waals surface area contributed by atoms with Crippen molar-refractivity contribution >= 4 is 35.8 Å². The van der Waals surface area contributed by atoms with Crippen molar-refractivity contribution in [1.82, 2.24) is 20.9 Å². The Bertz CT molecular complexity index is 1150. The van der Waals surface area contributed by atoms with Gasteiger partial charge in [-0.3, -0.25) is 24.6 Å². The summed E-state index contributed by atoms with van der Waals surface area (Å²) < 4.78 is 0. The number of likely N-dealkylation sites (tertiary alicyclic amines) is 1. The first-order valence-corrected chi connectivity index (χ1v) is 15.2. The number of guanidine groups is 1. The van der Waals surface area contributed by atoms with Gasteiger partial charge in [-0.15, -0.1) is 0 Å². The number of nitrogens with two attached hydrogens (primary N) is 4. The minimum atomic E-state index is -1.96. The molecule has 1 saturated heterocycles. The first-order chi connectivity index (χ1) is 20.9. The van der Waals surface area contributed by atoms with Gasteiger partial charge < -0.3 is 48.6 Å². The number of rotatable bonds is 18. The molecule has 0 saturated carbocycles. The first kappa shape index (κ1) is 36.3. The van der Waals surface area contributed by atoms with Crippen LogP contribution in [0, 0.1) is 11.3 Å². The Morgan fingerprint density at radius 3 is 2.30 bits per heavy atom. The Morgan fingerprint density at radius 2 is 1.70 bits per heavy atom. The van der Waals surface area contributed by atoms with Gasteiger partial charge in [0.1, 0.15) is 12.1 Å². The number of aldehydes is 1. The zero-order valence-corrected chi connectivity index (χ0v) is 25.7. The highest BCUT2D eigenvalue weighted by molar-refractivity contribution is 6.16. The fourth-order valence-corrected chi connectivity index (χ4v) is 5.35.